The Morgan fingerprint density at radius 1 is 1.04 bits per heavy atom. The van der Waals surface area contributed by atoms with E-state index in [1.54, 1.807) is 0 Å². The first-order chi connectivity index (χ1) is 12.2. The van der Waals surface area contributed by atoms with E-state index < -0.39 is 0 Å². The zero-order valence-corrected chi connectivity index (χ0v) is 14.4. The predicted octanol–water partition coefficient (Wildman–Crippen LogP) is 4.78. The average Bonchev–Trinajstić information content (AvgIpc) is 2.65. The number of aryl methyl sites for hydroxylation is 2. The lowest BCUT2D eigenvalue weighted by molar-refractivity contribution is 0.0473. The van der Waals surface area contributed by atoms with Gasteiger partial charge in [0.05, 0.1) is 11.1 Å². The van der Waals surface area contributed by atoms with Gasteiger partial charge in [0, 0.05) is 11.1 Å². The third-order valence-corrected chi connectivity index (χ3v) is 4.86. The summed E-state index contributed by atoms with van der Waals surface area (Å²) in [5.41, 5.74) is 5.94. The Morgan fingerprint density at radius 2 is 1.80 bits per heavy atom. The summed E-state index contributed by atoms with van der Waals surface area (Å²) in [6.45, 7) is 2.34. The fourth-order valence-corrected chi connectivity index (χ4v) is 3.51. The summed E-state index contributed by atoms with van der Waals surface area (Å²) in [6, 6.07) is 15.9. The van der Waals surface area contributed by atoms with Crippen LogP contribution in [0.3, 0.4) is 0 Å². The van der Waals surface area contributed by atoms with E-state index in [4.69, 9.17) is 9.72 Å². The van der Waals surface area contributed by atoms with E-state index >= 15 is 0 Å². The van der Waals surface area contributed by atoms with E-state index in [1.165, 1.54) is 5.56 Å². The Morgan fingerprint density at radius 3 is 2.64 bits per heavy atom. The van der Waals surface area contributed by atoms with E-state index in [0.717, 1.165) is 53.4 Å². The molecule has 0 saturated carbocycles. The van der Waals surface area contributed by atoms with Crippen LogP contribution in [-0.4, -0.2) is 11.0 Å². The van der Waals surface area contributed by atoms with Gasteiger partial charge >= 0.3 is 5.97 Å². The van der Waals surface area contributed by atoms with Crippen LogP contribution in [0.4, 0.5) is 0 Å². The summed E-state index contributed by atoms with van der Waals surface area (Å²) >= 11 is 0. The van der Waals surface area contributed by atoms with Crippen LogP contribution in [0.15, 0.2) is 48.5 Å². The lowest BCUT2D eigenvalue weighted by atomic mass is 9.90. The summed E-state index contributed by atoms with van der Waals surface area (Å²) in [7, 11) is 0. The van der Waals surface area contributed by atoms with Crippen LogP contribution in [0, 0.1) is 6.92 Å². The molecule has 0 saturated heterocycles. The van der Waals surface area contributed by atoms with Crippen LogP contribution in [0.2, 0.25) is 0 Å². The quantitative estimate of drug-likeness (QED) is 0.648. The number of aromatic nitrogens is 1. The number of carbonyl (C=O) groups excluding carboxylic acids is 1. The summed E-state index contributed by atoms with van der Waals surface area (Å²) in [6.07, 6.45) is 4.09. The fourth-order valence-electron chi connectivity index (χ4n) is 3.51. The molecule has 2 aromatic carbocycles. The Labute approximate surface area is 147 Å². The molecule has 0 N–H and O–H groups in total. The van der Waals surface area contributed by atoms with Crippen molar-refractivity contribution in [3.8, 4) is 0 Å². The number of hydrogen-bond donors (Lipinski definition) is 0. The summed E-state index contributed by atoms with van der Waals surface area (Å²) in [5.74, 6) is -0.239. The van der Waals surface area contributed by atoms with E-state index in [2.05, 4.69) is 0 Å². The molecule has 3 nitrogen and oxygen atoms in total. The topological polar surface area (TPSA) is 39.2 Å². The number of rotatable bonds is 3. The molecule has 1 heterocycles. The number of ether oxygens (including phenoxy) is 1. The van der Waals surface area contributed by atoms with Crippen molar-refractivity contribution in [2.24, 2.45) is 0 Å². The summed E-state index contributed by atoms with van der Waals surface area (Å²) < 4.78 is 5.66. The Hall–Kier alpha value is -2.68. The van der Waals surface area contributed by atoms with Crippen LogP contribution < -0.4 is 0 Å². The highest BCUT2D eigenvalue weighted by molar-refractivity contribution is 6.05. The van der Waals surface area contributed by atoms with Gasteiger partial charge in [0.2, 0.25) is 0 Å². The first-order valence-corrected chi connectivity index (χ1v) is 8.85. The monoisotopic (exact) mass is 331 g/mol. The third-order valence-electron chi connectivity index (χ3n) is 4.86. The molecular formula is C22H21NO2. The van der Waals surface area contributed by atoms with Crippen LogP contribution in [0.1, 0.15) is 45.6 Å². The van der Waals surface area contributed by atoms with Gasteiger partial charge < -0.3 is 4.74 Å². The summed E-state index contributed by atoms with van der Waals surface area (Å²) in [5, 5.41) is 0.900. The van der Waals surface area contributed by atoms with Crippen molar-refractivity contribution < 1.29 is 9.53 Å². The second-order valence-corrected chi connectivity index (χ2v) is 6.70. The van der Waals surface area contributed by atoms with Gasteiger partial charge in [-0.05, 0) is 49.8 Å². The maximum Gasteiger partial charge on any atom is 0.339 e. The molecule has 1 aliphatic carbocycles. The highest BCUT2D eigenvalue weighted by atomic mass is 16.5. The van der Waals surface area contributed by atoms with Crippen LogP contribution >= 0.6 is 0 Å². The van der Waals surface area contributed by atoms with Gasteiger partial charge in [-0.15, -0.1) is 0 Å². The molecule has 1 aliphatic rings. The van der Waals surface area contributed by atoms with E-state index in [1.807, 2.05) is 55.5 Å². The molecule has 0 spiro atoms. The number of fused-ring (bicyclic) bond motifs is 2. The minimum absolute atomic E-state index is 0.239. The molecule has 3 aromatic rings. The molecular weight excluding hydrogens is 310 g/mol. The van der Waals surface area contributed by atoms with Crippen molar-refractivity contribution in [1.29, 1.82) is 0 Å². The number of para-hydroxylation sites is 1. The van der Waals surface area contributed by atoms with Crippen molar-refractivity contribution in [3.05, 3.63) is 76.5 Å². The van der Waals surface area contributed by atoms with Gasteiger partial charge in [-0.1, -0.05) is 48.0 Å². The maximum atomic E-state index is 12.9. The average molecular weight is 331 g/mol. The van der Waals surface area contributed by atoms with Crippen molar-refractivity contribution in [2.75, 3.05) is 0 Å². The van der Waals surface area contributed by atoms with E-state index in [9.17, 15) is 4.79 Å². The Bertz CT molecular complexity index is 929. The number of carbonyl (C=O) groups is 1. The van der Waals surface area contributed by atoms with Gasteiger partial charge in [0.15, 0.2) is 0 Å². The van der Waals surface area contributed by atoms with Gasteiger partial charge in [-0.25, -0.2) is 4.79 Å². The summed E-state index contributed by atoms with van der Waals surface area (Å²) in [4.78, 5) is 17.7. The van der Waals surface area contributed by atoms with Crippen LogP contribution in [-0.2, 0) is 24.2 Å². The molecule has 0 atom stereocenters. The van der Waals surface area contributed by atoms with E-state index in [0.29, 0.717) is 12.2 Å². The number of esters is 1. The van der Waals surface area contributed by atoms with Crippen molar-refractivity contribution in [1.82, 2.24) is 4.98 Å². The molecule has 0 unspecified atom stereocenters. The molecule has 0 aliphatic heterocycles. The van der Waals surface area contributed by atoms with Crippen molar-refractivity contribution in [3.63, 3.8) is 0 Å². The van der Waals surface area contributed by atoms with Crippen molar-refractivity contribution >= 4 is 16.9 Å². The standard InChI is InChI=1S/C22H21NO2/c1-15-10-12-16(13-11-15)14-25-22(24)21-17-6-2-4-8-19(17)23-20-9-5-3-7-18(20)21/h2,4,6,8,10-13H,3,5,7,9,14H2,1H3. The third kappa shape index (κ3) is 3.14. The largest absolute Gasteiger partial charge is 0.457 e. The normalized spacial score (nSPS) is 13.5. The second-order valence-electron chi connectivity index (χ2n) is 6.70. The maximum absolute atomic E-state index is 12.9. The minimum atomic E-state index is -0.239. The van der Waals surface area contributed by atoms with Gasteiger partial charge in [-0.2, -0.15) is 0 Å². The Kier molecular flexibility index (Phi) is 4.22. The Balaban J connectivity index is 1.69. The second kappa shape index (κ2) is 6.67. The molecule has 4 rings (SSSR count). The fraction of sp³-hybridized carbons (Fsp3) is 0.273. The number of nitrogens with zero attached hydrogens (tertiary/aromatic N) is 1. The zero-order chi connectivity index (χ0) is 17.2. The molecule has 0 fully saturated rings. The van der Waals surface area contributed by atoms with E-state index in [-0.39, 0.29) is 5.97 Å². The van der Waals surface area contributed by atoms with Crippen LogP contribution in [0.5, 0.6) is 0 Å². The van der Waals surface area contributed by atoms with Crippen LogP contribution in [0.25, 0.3) is 10.9 Å². The SMILES string of the molecule is Cc1ccc(COC(=O)c2c3c(nc4ccccc24)CCCC3)cc1. The highest BCUT2D eigenvalue weighted by Gasteiger charge is 2.23. The smallest absolute Gasteiger partial charge is 0.339 e. The molecule has 1 aromatic heterocycles. The lowest BCUT2D eigenvalue weighted by Crippen LogP contribution is -2.15. The molecule has 0 amide bonds. The molecule has 3 heteroatoms. The minimum Gasteiger partial charge on any atom is -0.457 e. The van der Waals surface area contributed by atoms with Gasteiger partial charge in [0.1, 0.15) is 6.61 Å². The zero-order valence-electron chi connectivity index (χ0n) is 14.4. The van der Waals surface area contributed by atoms with Crippen molar-refractivity contribution in [2.45, 2.75) is 39.2 Å². The number of pyridine rings is 1. The molecule has 0 bridgehead atoms. The highest BCUT2D eigenvalue weighted by Crippen LogP contribution is 2.30. The van der Waals surface area contributed by atoms with Gasteiger partial charge in [0.25, 0.3) is 0 Å². The first-order valence-electron chi connectivity index (χ1n) is 8.85. The number of benzene rings is 2. The number of hydrogen-bond acceptors (Lipinski definition) is 3. The lowest BCUT2D eigenvalue weighted by Gasteiger charge is -2.20. The molecule has 25 heavy (non-hydrogen) atoms. The molecule has 126 valence electrons. The van der Waals surface area contributed by atoms with Gasteiger partial charge in [-0.3, -0.25) is 4.98 Å². The first kappa shape index (κ1) is 15.8. The predicted molar refractivity (Wildman–Crippen MR) is 98.7 cm³/mol. The molecule has 0 radical (unpaired) electrons.